The van der Waals surface area contributed by atoms with Gasteiger partial charge >= 0.3 is 0 Å². The average Bonchev–Trinajstić information content (AvgIpc) is 2.56. The van der Waals surface area contributed by atoms with Crippen molar-refractivity contribution in [2.45, 2.75) is 26.2 Å². The normalized spacial score (nSPS) is 11.3. The van der Waals surface area contributed by atoms with Gasteiger partial charge in [-0.3, -0.25) is 0 Å². The van der Waals surface area contributed by atoms with Crippen LogP contribution >= 0.6 is 0 Å². The highest BCUT2D eigenvalue weighted by atomic mass is 19.1. The molecule has 0 bridgehead atoms. The third-order valence-corrected chi connectivity index (χ3v) is 3.35. The fraction of sp³-hybridized carbons (Fsp3) is 0.429. The van der Waals surface area contributed by atoms with Gasteiger partial charge < -0.3 is 10.3 Å². The zero-order valence-electron chi connectivity index (χ0n) is 10.5. The molecule has 1 aromatic carbocycles. The van der Waals surface area contributed by atoms with Crippen LogP contribution in [0.4, 0.5) is 4.39 Å². The van der Waals surface area contributed by atoms with E-state index in [-0.39, 0.29) is 5.82 Å². The smallest absolute Gasteiger partial charge is 0.127 e. The molecule has 3 heteroatoms. The van der Waals surface area contributed by atoms with Crippen LogP contribution in [0.2, 0.25) is 0 Å². The highest BCUT2D eigenvalue weighted by Crippen LogP contribution is 2.23. The Labute approximate surface area is 101 Å². The van der Waals surface area contributed by atoms with Crippen LogP contribution in [0.3, 0.4) is 0 Å². The Balaban J connectivity index is 2.36. The average molecular weight is 234 g/mol. The lowest BCUT2D eigenvalue weighted by Gasteiger charge is -2.05. The quantitative estimate of drug-likeness (QED) is 0.810. The van der Waals surface area contributed by atoms with Crippen molar-refractivity contribution in [1.29, 1.82) is 0 Å². The Hall–Kier alpha value is -1.35. The molecule has 0 radical (unpaired) electrons. The van der Waals surface area contributed by atoms with Gasteiger partial charge in [-0.15, -0.1) is 0 Å². The summed E-state index contributed by atoms with van der Waals surface area (Å²) < 4.78 is 15.9. The first kappa shape index (κ1) is 12.1. The molecule has 0 aliphatic rings. The Morgan fingerprint density at radius 1 is 1.24 bits per heavy atom. The first-order valence-corrected chi connectivity index (χ1v) is 6.08. The molecule has 0 spiro atoms. The Bertz CT molecular complexity index is 528. The van der Waals surface area contributed by atoms with Gasteiger partial charge in [-0.2, -0.15) is 0 Å². The van der Waals surface area contributed by atoms with Crippen LogP contribution in [-0.2, 0) is 13.5 Å². The Morgan fingerprint density at radius 2 is 2.00 bits per heavy atom. The molecule has 0 atom stereocenters. The van der Waals surface area contributed by atoms with Crippen molar-refractivity contribution in [2.75, 3.05) is 6.54 Å². The van der Waals surface area contributed by atoms with Crippen LogP contribution in [0.25, 0.3) is 10.9 Å². The molecular weight excluding hydrogens is 215 g/mol. The van der Waals surface area contributed by atoms with E-state index >= 15 is 0 Å². The molecule has 2 nitrogen and oxygen atoms in total. The van der Waals surface area contributed by atoms with Crippen molar-refractivity contribution in [3.8, 4) is 0 Å². The molecule has 2 rings (SSSR count). The minimum atomic E-state index is -0.0971. The van der Waals surface area contributed by atoms with Crippen LogP contribution in [-0.4, -0.2) is 11.1 Å². The van der Waals surface area contributed by atoms with E-state index in [1.807, 2.05) is 26.1 Å². The molecule has 0 saturated heterocycles. The zero-order valence-corrected chi connectivity index (χ0v) is 10.5. The first-order chi connectivity index (χ1) is 8.13. The molecule has 1 heterocycles. The number of fused-ring (bicyclic) bond motifs is 1. The monoisotopic (exact) mass is 234 g/mol. The van der Waals surface area contributed by atoms with Crippen LogP contribution in [0, 0.1) is 12.7 Å². The lowest BCUT2D eigenvalue weighted by Crippen LogP contribution is -2.00. The summed E-state index contributed by atoms with van der Waals surface area (Å²) in [6, 6.07) is 5.62. The first-order valence-electron chi connectivity index (χ1n) is 6.08. The number of aryl methyl sites for hydroxylation is 3. The SMILES string of the molecule is Cc1cc2cc(F)c(CCCCN)cc2n1C. The fourth-order valence-electron chi connectivity index (χ4n) is 2.19. The van der Waals surface area contributed by atoms with Gasteiger partial charge in [-0.25, -0.2) is 4.39 Å². The van der Waals surface area contributed by atoms with E-state index in [0.29, 0.717) is 6.54 Å². The molecule has 0 unspecified atom stereocenters. The standard InChI is InChI=1S/C14H19FN2/c1-10-7-12-8-13(15)11(5-3-4-6-16)9-14(12)17(10)2/h7-9H,3-6,16H2,1-2H3. The van der Waals surface area contributed by atoms with Gasteiger partial charge in [-0.05, 0) is 56.5 Å². The van der Waals surface area contributed by atoms with Gasteiger partial charge in [0.1, 0.15) is 5.82 Å². The predicted molar refractivity (Wildman–Crippen MR) is 69.6 cm³/mol. The predicted octanol–water partition coefficient (Wildman–Crippen LogP) is 2.91. The van der Waals surface area contributed by atoms with Gasteiger partial charge in [0.05, 0.1) is 0 Å². The summed E-state index contributed by atoms with van der Waals surface area (Å²) >= 11 is 0. The van der Waals surface area contributed by atoms with E-state index in [0.717, 1.165) is 41.4 Å². The van der Waals surface area contributed by atoms with E-state index in [1.54, 1.807) is 6.07 Å². The van der Waals surface area contributed by atoms with Crippen LogP contribution in [0.5, 0.6) is 0 Å². The van der Waals surface area contributed by atoms with Gasteiger partial charge in [0.2, 0.25) is 0 Å². The third kappa shape index (κ3) is 2.34. The number of nitrogens with zero attached hydrogens (tertiary/aromatic N) is 1. The van der Waals surface area contributed by atoms with E-state index in [2.05, 4.69) is 4.57 Å². The molecular formula is C14H19FN2. The van der Waals surface area contributed by atoms with E-state index < -0.39 is 0 Å². The molecule has 0 aliphatic carbocycles. The Kier molecular flexibility index (Phi) is 3.48. The van der Waals surface area contributed by atoms with Crippen LogP contribution in [0.1, 0.15) is 24.1 Å². The van der Waals surface area contributed by atoms with Crippen molar-refractivity contribution in [3.05, 3.63) is 35.3 Å². The number of unbranched alkanes of at least 4 members (excludes halogenated alkanes) is 1. The van der Waals surface area contributed by atoms with Gasteiger partial charge in [0.25, 0.3) is 0 Å². The molecule has 2 N–H and O–H groups in total. The third-order valence-electron chi connectivity index (χ3n) is 3.35. The molecule has 0 aliphatic heterocycles. The number of halogens is 1. The number of benzene rings is 1. The van der Waals surface area contributed by atoms with Crippen molar-refractivity contribution in [2.24, 2.45) is 12.8 Å². The van der Waals surface area contributed by atoms with Gasteiger partial charge in [-0.1, -0.05) is 0 Å². The number of aromatic nitrogens is 1. The summed E-state index contributed by atoms with van der Waals surface area (Å²) in [5.41, 5.74) is 8.50. The zero-order chi connectivity index (χ0) is 12.4. The molecule has 1 aromatic heterocycles. The molecule has 17 heavy (non-hydrogen) atoms. The van der Waals surface area contributed by atoms with Crippen LogP contribution in [0.15, 0.2) is 18.2 Å². The molecule has 0 fully saturated rings. The second-order valence-corrected chi connectivity index (χ2v) is 4.59. The maximum Gasteiger partial charge on any atom is 0.127 e. The summed E-state index contributed by atoms with van der Waals surface area (Å²) in [6.45, 7) is 2.71. The minimum Gasteiger partial charge on any atom is -0.348 e. The summed E-state index contributed by atoms with van der Waals surface area (Å²) in [6.07, 6.45) is 2.66. The molecule has 0 saturated carbocycles. The molecule has 92 valence electrons. The van der Waals surface area contributed by atoms with Crippen molar-refractivity contribution >= 4 is 10.9 Å². The topological polar surface area (TPSA) is 30.9 Å². The minimum absolute atomic E-state index is 0.0971. The second kappa shape index (κ2) is 4.88. The number of rotatable bonds is 4. The van der Waals surface area contributed by atoms with Crippen molar-refractivity contribution < 1.29 is 4.39 Å². The second-order valence-electron chi connectivity index (χ2n) is 4.59. The summed E-state index contributed by atoms with van der Waals surface area (Å²) in [5.74, 6) is -0.0971. The fourth-order valence-corrected chi connectivity index (χ4v) is 2.19. The van der Waals surface area contributed by atoms with E-state index in [9.17, 15) is 4.39 Å². The largest absolute Gasteiger partial charge is 0.348 e. The lowest BCUT2D eigenvalue weighted by molar-refractivity contribution is 0.602. The lowest BCUT2D eigenvalue weighted by atomic mass is 10.1. The molecule has 2 aromatic rings. The maximum atomic E-state index is 13.8. The van der Waals surface area contributed by atoms with Crippen LogP contribution < -0.4 is 5.73 Å². The molecule has 0 amide bonds. The maximum absolute atomic E-state index is 13.8. The highest BCUT2D eigenvalue weighted by Gasteiger charge is 2.08. The van der Waals surface area contributed by atoms with Gasteiger partial charge in [0, 0.05) is 23.6 Å². The van der Waals surface area contributed by atoms with E-state index in [4.69, 9.17) is 5.73 Å². The Morgan fingerprint density at radius 3 is 2.71 bits per heavy atom. The van der Waals surface area contributed by atoms with Gasteiger partial charge in [0.15, 0.2) is 0 Å². The number of nitrogens with two attached hydrogens (primary N) is 1. The summed E-state index contributed by atoms with van der Waals surface area (Å²) in [7, 11) is 2.01. The highest BCUT2D eigenvalue weighted by molar-refractivity contribution is 5.82. The number of hydrogen-bond acceptors (Lipinski definition) is 1. The number of hydrogen-bond donors (Lipinski definition) is 1. The van der Waals surface area contributed by atoms with Crippen molar-refractivity contribution in [1.82, 2.24) is 4.57 Å². The van der Waals surface area contributed by atoms with Crippen molar-refractivity contribution in [3.63, 3.8) is 0 Å². The summed E-state index contributed by atoms with van der Waals surface area (Å²) in [4.78, 5) is 0. The van der Waals surface area contributed by atoms with E-state index in [1.165, 1.54) is 0 Å². The summed E-state index contributed by atoms with van der Waals surface area (Å²) in [5, 5.41) is 0.977.